The molecule has 0 aromatic carbocycles. The predicted molar refractivity (Wildman–Crippen MR) is 41.3 cm³/mol. The first-order chi connectivity index (χ1) is 5.68. The highest BCUT2D eigenvalue weighted by atomic mass is 16.5. The number of carbonyl (C=O) groups is 2. The predicted octanol–water partition coefficient (Wildman–Crippen LogP) is 0.693. The maximum Gasteiger partial charge on any atom is 0.306 e. The van der Waals surface area contributed by atoms with Gasteiger partial charge in [0.1, 0.15) is 6.10 Å². The first-order valence-electron chi connectivity index (χ1n) is 4.10. The summed E-state index contributed by atoms with van der Waals surface area (Å²) in [6.45, 7) is 1.85. The minimum absolute atomic E-state index is 0.0635. The van der Waals surface area contributed by atoms with Gasteiger partial charge in [0.2, 0.25) is 0 Å². The SMILES string of the molecule is C[C@H]1C(=O)C=C[C@H]2OC(=O)CC21. The van der Waals surface area contributed by atoms with Crippen molar-refractivity contribution in [3.8, 4) is 0 Å². The van der Waals surface area contributed by atoms with Gasteiger partial charge in [-0.25, -0.2) is 0 Å². The number of hydrogen-bond donors (Lipinski definition) is 0. The lowest BCUT2D eigenvalue weighted by atomic mass is 9.81. The maximum atomic E-state index is 11.2. The molecule has 0 amide bonds. The van der Waals surface area contributed by atoms with Gasteiger partial charge in [0.05, 0.1) is 6.42 Å². The average molecular weight is 166 g/mol. The molecule has 1 aliphatic heterocycles. The topological polar surface area (TPSA) is 43.4 Å². The Balaban J connectivity index is 2.27. The van der Waals surface area contributed by atoms with Crippen molar-refractivity contribution in [3.05, 3.63) is 12.2 Å². The number of ether oxygens (including phenoxy) is 1. The van der Waals surface area contributed by atoms with E-state index in [0.29, 0.717) is 6.42 Å². The highest BCUT2D eigenvalue weighted by molar-refractivity contribution is 5.93. The van der Waals surface area contributed by atoms with Gasteiger partial charge in [-0.2, -0.15) is 0 Å². The molecule has 2 rings (SSSR count). The van der Waals surface area contributed by atoms with Crippen LogP contribution < -0.4 is 0 Å². The molecule has 12 heavy (non-hydrogen) atoms. The number of fused-ring (bicyclic) bond motifs is 1. The van der Waals surface area contributed by atoms with Crippen LogP contribution >= 0.6 is 0 Å². The van der Waals surface area contributed by atoms with Crippen LogP contribution in [0.2, 0.25) is 0 Å². The molecule has 64 valence electrons. The second kappa shape index (κ2) is 2.44. The molecule has 1 fully saturated rings. The smallest absolute Gasteiger partial charge is 0.306 e. The number of hydrogen-bond acceptors (Lipinski definition) is 3. The summed E-state index contributed by atoms with van der Waals surface area (Å²) in [5.74, 6) is -0.0628. The van der Waals surface area contributed by atoms with Gasteiger partial charge in [-0.1, -0.05) is 6.92 Å². The molecule has 3 heteroatoms. The highest BCUT2D eigenvalue weighted by Gasteiger charge is 2.41. The quantitative estimate of drug-likeness (QED) is 0.497. The molecule has 0 N–H and O–H groups in total. The number of esters is 1. The van der Waals surface area contributed by atoms with Crippen LogP contribution in [0.25, 0.3) is 0 Å². The van der Waals surface area contributed by atoms with Crippen LogP contribution in [0.15, 0.2) is 12.2 Å². The Kier molecular flexibility index (Phi) is 1.53. The lowest BCUT2D eigenvalue weighted by molar-refractivity contribution is -0.140. The second-order valence-corrected chi connectivity index (χ2v) is 3.37. The van der Waals surface area contributed by atoms with Crippen LogP contribution in [-0.4, -0.2) is 17.9 Å². The van der Waals surface area contributed by atoms with E-state index >= 15 is 0 Å². The standard InChI is InChI=1S/C9H10O3/c1-5-6-4-9(11)12-8(6)3-2-7(5)10/h2-3,5-6,8H,4H2,1H3/t5-,6?,8-/m1/s1. The zero-order valence-electron chi connectivity index (χ0n) is 6.82. The monoisotopic (exact) mass is 166 g/mol. The molecule has 3 atom stereocenters. The van der Waals surface area contributed by atoms with Gasteiger partial charge in [0.15, 0.2) is 5.78 Å². The largest absolute Gasteiger partial charge is 0.458 e. The zero-order valence-corrected chi connectivity index (χ0v) is 6.82. The summed E-state index contributed by atoms with van der Waals surface area (Å²) in [5.41, 5.74) is 0. The Morgan fingerprint density at radius 3 is 3.00 bits per heavy atom. The molecule has 1 saturated heterocycles. The van der Waals surface area contributed by atoms with E-state index in [1.165, 1.54) is 6.08 Å². The fourth-order valence-electron chi connectivity index (χ4n) is 1.79. The summed E-state index contributed by atoms with van der Waals surface area (Å²) >= 11 is 0. The molecule has 0 aromatic heterocycles. The number of carbonyl (C=O) groups excluding carboxylic acids is 2. The Morgan fingerprint density at radius 2 is 2.25 bits per heavy atom. The van der Waals surface area contributed by atoms with Crippen molar-refractivity contribution >= 4 is 11.8 Å². The molecule has 0 saturated carbocycles. The van der Waals surface area contributed by atoms with E-state index in [2.05, 4.69) is 0 Å². The molecule has 0 bridgehead atoms. The van der Waals surface area contributed by atoms with Crippen molar-refractivity contribution < 1.29 is 14.3 Å². The molecule has 1 unspecified atom stereocenters. The minimum Gasteiger partial charge on any atom is -0.458 e. The molecule has 0 spiro atoms. The van der Waals surface area contributed by atoms with Gasteiger partial charge in [0, 0.05) is 11.8 Å². The van der Waals surface area contributed by atoms with Gasteiger partial charge < -0.3 is 4.74 Å². The third-order valence-electron chi connectivity index (χ3n) is 2.63. The fraction of sp³-hybridized carbons (Fsp3) is 0.556. The lowest BCUT2D eigenvalue weighted by Gasteiger charge is -2.22. The van der Waals surface area contributed by atoms with Crippen molar-refractivity contribution in [3.63, 3.8) is 0 Å². The summed E-state index contributed by atoms with van der Waals surface area (Å²) < 4.78 is 5.01. The van der Waals surface area contributed by atoms with Gasteiger partial charge >= 0.3 is 5.97 Å². The fourth-order valence-corrected chi connectivity index (χ4v) is 1.79. The van der Waals surface area contributed by atoms with E-state index in [9.17, 15) is 9.59 Å². The Hall–Kier alpha value is -1.12. The number of allylic oxidation sites excluding steroid dienone is 1. The normalized spacial score (nSPS) is 39.6. The molecular weight excluding hydrogens is 156 g/mol. The average Bonchev–Trinajstić information content (AvgIpc) is 2.39. The summed E-state index contributed by atoms with van der Waals surface area (Å²) in [6.07, 6.45) is 3.45. The molecule has 0 aromatic rings. The van der Waals surface area contributed by atoms with Gasteiger partial charge in [-0.05, 0) is 12.2 Å². The van der Waals surface area contributed by atoms with E-state index < -0.39 is 0 Å². The van der Waals surface area contributed by atoms with Gasteiger partial charge in [-0.15, -0.1) is 0 Å². The summed E-state index contributed by atoms with van der Waals surface area (Å²) in [5, 5.41) is 0. The Bertz CT molecular complexity index is 267. The molecular formula is C9H10O3. The molecule has 1 aliphatic carbocycles. The van der Waals surface area contributed by atoms with Gasteiger partial charge in [0.25, 0.3) is 0 Å². The summed E-state index contributed by atoms with van der Waals surface area (Å²) in [7, 11) is 0. The van der Waals surface area contributed by atoms with E-state index in [-0.39, 0.29) is 29.7 Å². The van der Waals surface area contributed by atoms with Gasteiger partial charge in [-0.3, -0.25) is 9.59 Å². The van der Waals surface area contributed by atoms with Crippen LogP contribution in [0.5, 0.6) is 0 Å². The van der Waals surface area contributed by atoms with Crippen molar-refractivity contribution in [1.29, 1.82) is 0 Å². The minimum atomic E-state index is -0.184. The summed E-state index contributed by atoms with van der Waals surface area (Å²) in [6, 6.07) is 0. The Labute approximate surface area is 70.4 Å². The van der Waals surface area contributed by atoms with Crippen molar-refractivity contribution in [1.82, 2.24) is 0 Å². The van der Waals surface area contributed by atoms with E-state index in [1.807, 2.05) is 6.92 Å². The summed E-state index contributed by atoms with van der Waals surface area (Å²) in [4.78, 5) is 22.1. The highest BCUT2D eigenvalue weighted by Crippen LogP contribution is 2.33. The van der Waals surface area contributed by atoms with Crippen LogP contribution in [-0.2, 0) is 14.3 Å². The van der Waals surface area contributed by atoms with Crippen LogP contribution in [0.3, 0.4) is 0 Å². The third kappa shape index (κ3) is 0.967. The van der Waals surface area contributed by atoms with E-state index in [1.54, 1.807) is 6.08 Å². The van der Waals surface area contributed by atoms with Crippen molar-refractivity contribution in [2.45, 2.75) is 19.4 Å². The first-order valence-corrected chi connectivity index (χ1v) is 4.10. The molecule has 1 heterocycles. The van der Waals surface area contributed by atoms with Crippen LogP contribution in [0.4, 0.5) is 0 Å². The Morgan fingerprint density at radius 1 is 1.50 bits per heavy atom. The maximum absolute atomic E-state index is 11.2. The number of ketones is 1. The van der Waals surface area contributed by atoms with E-state index in [0.717, 1.165) is 0 Å². The van der Waals surface area contributed by atoms with Crippen molar-refractivity contribution in [2.75, 3.05) is 0 Å². The van der Waals surface area contributed by atoms with E-state index in [4.69, 9.17) is 4.74 Å². The second-order valence-electron chi connectivity index (χ2n) is 3.37. The molecule has 2 aliphatic rings. The third-order valence-corrected chi connectivity index (χ3v) is 2.63. The van der Waals surface area contributed by atoms with Crippen molar-refractivity contribution in [2.24, 2.45) is 11.8 Å². The van der Waals surface area contributed by atoms with Crippen LogP contribution in [0, 0.1) is 11.8 Å². The zero-order chi connectivity index (χ0) is 8.72. The lowest BCUT2D eigenvalue weighted by Crippen LogP contribution is -2.29. The van der Waals surface area contributed by atoms with Crippen LogP contribution in [0.1, 0.15) is 13.3 Å². The molecule has 3 nitrogen and oxygen atoms in total. The molecule has 0 radical (unpaired) electrons. The number of rotatable bonds is 0. The first kappa shape index (κ1) is 7.53.